The highest BCUT2D eigenvalue weighted by molar-refractivity contribution is 9.10. The van der Waals surface area contributed by atoms with E-state index in [4.69, 9.17) is 0 Å². The van der Waals surface area contributed by atoms with Gasteiger partial charge in [-0.25, -0.2) is 8.42 Å². The molecule has 6 nitrogen and oxygen atoms in total. The maximum Gasteiger partial charge on any atom is 0.251 e. The molecule has 0 bridgehead atoms. The van der Waals surface area contributed by atoms with Crippen LogP contribution in [-0.2, 0) is 20.4 Å². The Morgan fingerprint density at radius 2 is 1.81 bits per heavy atom. The van der Waals surface area contributed by atoms with E-state index in [1.54, 1.807) is 49.4 Å². The monoisotopic (exact) mass is 438 g/mol. The molecule has 2 aromatic rings. The number of amides is 2. The quantitative estimate of drug-likeness (QED) is 0.724. The van der Waals surface area contributed by atoms with Crippen LogP contribution in [0.4, 0.5) is 5.69 Å². The standard InChI is InChI=1S/C18H19BrN2O4S/c1-12-15(18(23)20-2)7-4-8-16(12)21-17(22)11-26(24,25)10-13-5-3-6-14(19)9-13/h3-9H,10-11H2,1-2H3,(H,20,23)(H,21,22). The molecule has 138 valence electrons. The Hall–Kier alpha value is -2.19. The molecule has 0 aliphatic heterocycles. The molecule has 2 rings (SSSR count). The summed E-state index contributed by atoms with van der Waals surface area (Å²) in [6.07, 6.45) is 0. The molecular formula is C18H19BrN2O4S. The number of carbonyl (C=O) groups excluding carboxylic acids is 2. The Balaban J connectivity index is 2.10. The number of sulfone groups is 1. The van der Waals surface area contributed by atoms with Gasteiger partial charge in [-0.3, -0.25) is 9.59 Å². The summed E-state index contributed by atoms with van der Waals surface area (Å²) in [6.45, 7) is 1.69. The Morgan fingerprint density at radius 3 is 2.46 bits per heavy atom. The van der Waals surface area contributed by atoms with Crippen molar-refractivity contribution in [2.75, 3.05) is 18.1 Å². The number of nitrogens with one attached hydrogen (secondary N) is 2. The molecule has 0 aliphatic rings. The summed E-state index contributed by atoms with van der Waals surface area (Å²) in [5.74, 6) is -1.78. The highest BCUT2D eigenvalue weighted by Gasteiger charge is 2.19. The molecule has 0 heterocycles. The average Bonchev–Trinajstić information content (AvgIpc) is 2.55. The molecule has 0 atom stereocenters. The third kappa shape index (κ3) is 5.40. The van der Waals surface area contributed by atoms with Gasteiger partial charge in [0.15, 0.2) is 9.84 Å². The number of hydrogen-bond donors (Lipinski definition) is 2. The second kappa shape index (κ2) is 8.46. The SMILES string of the molecule is CNC(=O)c1cccc(NC(=O)CS(=O)(=O)Cc2cccc(Br)c2)c1C. The minimum Gasteiger partial charge on any atom is -0.355 e. The normalized spacial score (nSPS) is 11.0. The van der Waals surface area contributed by atoms with Gasteiger partial charge in [-0.2, -0.15) is 0 Å². The van der Waals surface area contributed by atoms with Crippen LogP contribution in [0.3, 0.4) is 0 Å². The summed E-state index contributed by atoms with van der Waals surface area (Å²) in [7, 11) is -2.11. The minimum absolute atomic E-state index is 0.225. The van der Waals surface area contributed by atoms with Gasteiger partial charge in [0.25, 0.3) is 5.91 Å². The second-order valence-corrected chi connectivity index (χ2v) is 8.75. The summed E-state index contributed by atoms with van der Waals surface area (Å²) < 4.78 is 25.3. The topological polar surface area (TPSA) is 92.3 Å². The lowest BCUT2D eigenvalue weighted by Gasteiger charge is -2.12. The van der Waals surface area contributed by atoms with Crippen molar-refractivity contribution in [1.82, 2.24) is 5.32 Å². The largest absolute Gasteiger partial charge is 0.355 e. The summed E-state index contributed by atoms with van der Waals surface area (Å²) in [5.41, 5.74) is 2.01. The van der Waals surface area contributed by atoms with Crippen LogP contribution in [0.25, 0.3) is 0 Å². The summed E-state index contributed by atoms with van der Waals surface area (Å²) in [4.78, 5) is 24.0. The van der Waals surface area contributed by atoms with Gasteiger partial charge in [0, 0.05) is 22.8 Å². The third-order valence-corrected chi connectivity index (χ3v) is 5.67. The van der Waals surface area contributed by atoms with Crippen molar-refractivity contribution in [2.45, 2.75) is 12.7 Å². The van der Waals surface area contributed by atoms with E-state index < -0.39 is 21.5 Å². The molecule has 26 heavy (non-hydrogen) atoms. The smallest absolute Gasteiger partial charge is 0.251 e. The molecule has 2 aromatic carbocycles. The van der Waals surface area contributed by atoms with Crippen molar-refractivity contribution >= 4 is 43.3 Å². The van der Waals surface area contributed by atoms with Crippen molar-refractivity contribution in [3.8, 4) is 0 Å². The van der Waals surface area contributed by atoms with Gasteiger partial charge >= 0.3 is 0 Å². The van der Waals surface area contributed by atoms with E-state index >= 15 is 0 Å². The van der Waals surface area contributed by atoms with E-state index in [0.717, 1.165) is 4.47 Å². The van der Waals surface area contributed by atoms with Crippen LogP contribution in [0.15, 0.2) is 46.9 Å². The molecule has 0 saturated heterocycles. The molecule has 2 N–H and O–H groups in total. The van der Waals surface area contributed by atoms with E-state index in [1.165, 1.54) is 7.05 Å². The minimum atomic E-state index is -3.63. The zero-order valence-electron chi connectivity index (χ0n) is 14.4. The van der Waals surface area contributed by atoms with Crippen molar-refractivity contribution in [3.63, 3.8) is 0 Å². The number of anilines is 1. The molecule has 0 fully saturated rings. The van der Waals surface area contributed by atoms with Crippen LogP contribution < -0.4 is 10.6 Å². The maximum atomic E-state index is 12.3. The Kier molecular flexibility index (Phi) is 6.55. The van der Waals surface area contributed by atoms with Gasteiger partial charge in [0.1, 0.15) is 5.75 Å². The molecule has 8 heteroatoms. The fourth-order valence-corrected chi connectivity index (χ4v) is 4.18. The predicted molar refractivity (Wildman–Crippen MR) is 105 cm³/mol. The molecule has 2 amide bonds. The van der Waals surface area contributed by atoms with Crippen LogP contribution in [0.1, 0.15) is 21.5 Å². The summed E-state index contributed by atoms with van der Waals surface area (Å²) >= 11 is 3.29. The first kappa shape index (κ1) is 20.1. The predicted octanol–water partition coefficient (Wildman–Crippen LogP) is 2.67. The molecule has 0 aromatic heterocycles. The van der Waals surface area contributed by atoms with E-state index in [9.17, 15) is 18.0 Å². The van der Waals surface area contributed by atoms with Gasteiger partial charge in [0.05, 0.1) is 5.75 Å². The van der Waals surface area contributed by atoms with Crippen molar-refractivity contribution < 1.29 is 18.0 Å². The van der Waals surface area contributed by atoms with Gasteiger partial charge in [-0.05, 0) is 42.3 Å². The number of halogens is 1. The van der Waals surface area contributed by atoms with E-state index in [2.05, 4.69) is 26.6 Å². The second-order valence-electron chi connectivity index (χ2n) is 5.77. The van der Waals surface area contributed by atoms with Crippen molar-refractivity contribution in [2.24, 2.45) is 0 Å². The zero-order chi connectivity index (χ0) is 19.3. The Morgan fingerprint density at radius 1 is 1.12 bits per heavy atom. The van der Waals surface area contributed by atoms with E-state index in [1.807, 2.05) is 0 Å². The molecular weight excluding hydrogens is 420 g/mol. The third-order valence-electron chi connectivity index (χ3n) is 3.71. The lowest BCUT2D eigenvalue weighted by molar-refractivity contribution is -0.113. The average molecular weight is 439 g/mol. The van der Waals surface area contributed by atoms with Crippen LogP contribution >= 0.6 is 15.9 Å². The van der Waals surface area contributed by atoms with Gasteiger partial charge < -0.3 is 10.6 Å². The van der Waals surface area contributed by atoms with Crippen molar-refractivity contribution in [3.05, 3.63) is 63.6 Å². The van der Waals surface area contributed by atoms with Gasteiger partial charge in [0.2, 0.25) is 5.91 Å². The molecule has 0 spiro atoms. The van der Waals surface area contributed by atoms with E-state index in [-0.39, 0.29) is 11.7 Å². The lowest BCUT2D eigenvalue weighted by atomic mass is 10.1. The van der Waals surface area contributed by atoms with Crippen LogP contribution in [0, 0.1) is 6.92 Å². The molecule has 0 saturated carbocycles. The first-order valence-electron chi connectivity index (χ1n) is 7.78. The lowest BCUT2D eigenvalue weighted by Crippen LogP contribution is -2.25. The summed E-state index contributed by atoms with van der Waals surface area (Å²) in [6, 6.07) is 11.8. The van der Waals surface area contributed by atoms with Gasteiger partial charge in [-0.15, -0.1) is 0 Å². The Labute approximate surface area is 161 Å². The van der Waals surface area contributed by atoms with Gasteiger partial charge in [-0.1, -0.05) is 34.1 Å². The fraction of sp³-hybridized carbons (Fsp3) is 0.222. The first-order chi connectivity index (χ1) is 12.2. The zero-order valence-corrected chi connectivity index (χ0v) is 16.8. The highest BCUT2D eigenvalue weighted by Crippen LogP contribution is 2.19. The maximum absolute atomic E-state index is 12.3. The number of rotatable bonds is 6. The molecule has 0 radical (unpaired) electrons. The van der Waals surface area contributed by atoms with Crippen LogP contribution in [0.5, 0.6) is 0 Å². The summed E-state index contributed by atoms with van der Waals surface area (Å²) in [5, 5.41) is 5.10. The number of benzene rings is 2. The number of hydrogen-bond acceptors (Lipinski definition) is 4. The number of carbonyl (C=O) groups is 2. The molecule has 0 unspecified atom stereocenters. The highest BCUT2D eigenvalue weighted by atomic mass is 79.9. The van der Waals surface area contributed by atoms with Crippen molar-refractivity contribution in [1.29, 1.82) is 0 Å². The van der Waals surface area contributed by atoms with Crippen LogP contribution in [0.2, 0.25) is 0 Å². The molecule has 0 aliphatic carbocycles. The van der Waals surface area contributed by atoms with E-state index in [0.29, 0.717) is 22.4 Å². The van der Waals surface area contributed by atoms with Crippen LogP contribution in [-0.4, -0.2) is 33.0 Å². The Bertz CT molecular complexity index is 942. The first-order valence-corrected chi connectivity index (χ1v) is 10.4. The fourth-order valence-electron chi connectivity index (χ4n) is 2.47.